The van der Waals surface area contributed by atoms with Crippen molar-refractivity contribution in [1.29, 1.82) is 0 Å². The Morgan fingerprint density at radius 2 is 2.25 bits per heavy atom. The Kier molecular flexibility index (Phi) is 4.46. The normalized spacial score (nSPS) is 26.6. The minimum atomic E-state index is 0.625. The fourth-order valence-corrected chi connectivity index (χ4v) is 3.46. The zero-order valence-electron chi connectivity index (χ0n) is 12.5. The van der Waals surface area contributed by atoms with E-state index in [4.69, 9.17) is 4.74 Å². The van der Waals surface area contributed by atoms with E-state index < -0.39 is 0 Å². The van der Waals surface area contributed by atoms with Crippen molar-refractivity contribution in [3.8, 4) is 5.75 Å². The molecule has 0 radical (unpaired) electrons. The first-order valence-corrected chi connectivity index (χ1v) is 8.07. The van der Waals surface area contributed by atoms with Crippen LogP contribution < -0.4 is 15.0 Å². The van der Waals surface area contributed by atoms with Gasteiger partial charge in [-0.25, -0.2) is 0 Å². The van der Waals surface area contributed by atoms with E-state index in [1.54, 1.807) is 0 Å². The van der Waals surface area contributed by atoms with Crippen LogP contribution in [0.5, 0.6) is 5.75 Å². The van der Waals surface area contributed by atoms with E-state index in [0.717, 1.165) is 37.8 Å². The summed E-state index contributed by atoms with van der Waals surface area (Å²) >= 11 is 0. The molecule has 1 aromatic rings. The monoisotopic (exact) mass is 274 g/mol. The molecule has 20 heavy (non-hydrogen) atoms. The number of piperidine rings is 1. The molecular weight excluding hydrogens is 248 g/mol. The number of para-hydroxylation sites is 2. The van der Waals surface area contributed by atoms with Crippen molar-refractivity contribution >= 4 is 5.69 Å². The van der Waals surface area contributed by atoms with Gasteiger partial charge in [0.15, 0.2) is 0 Å². The molecule has 0 saturated carbocycles. The quantitative estimate of drug-likeness (QED) is 0.917. The predicted octanol–water partition coefficient (Wildman–Crippen LogP) is 3.05. The van der Waals surface area contributed by atoms with Crippen LogP contribution in [0.1, 0.15) is 32.6 Å². The Morgan fingerprint density at radius 3 is 3.15 bits per heavy atom. The van der Waals surface area contributed by atoms with Gasteiger partial charge >= 0.3 is 0 Å². The Hall–Kier alpha value is -1.22. The van der Waals surface area contributed by atoms with Gasteiger partial charge in [0.2, 0.25) is 0 Å². The van der Waals surface area contributed by atoms with Gasteiger partial charge in [-0.3, -0.25) is 0 Å². The second-order valence-corrected chi connectivity index (χ2v) is 6.07. The van der Waals surface area contributed by atoms with Gasteiger partial charge in [0.05, 0.1) is 12.3 Å². The summed E-state index contributed by atoms with van der Waals surface area (Å²) in [5.74, 6) is 1.95. The van der Waals surface area contributed by atoms with Crippen LogP contribution in [-0.2, 0) is 0 Å². The maximum Gasteiger partial charge on any atom is 0.142 e. The molecule has 1 aromatic carbocycles. The number of hydrogen-bond acceptors (Lipinski definition) is 3. The van der Waals surface area contributed by atoms with Gasteiger partial charge in [-0.15, -0.1) is 0 Å². The van der Waals surface area contributed by atoms with E-state index in [1.165, 1.54) is 31.5 Å². The van der Waals surface area contributed by atoms with Crippen molar-refractivity contribution in [1.82, 2.24) is 5.32 Å². The van der Waals surface area contributed by atoms with Crippen molar-refractivity contribution in [2.75, 3.05) is 31.1 Å². The summed E-state index contributed by atoms with van der Waals surface area (Å²) in [5, 5.41) is 3.70. The molecule has 0 aromatic heterocycles. The van der Waals surface area contributed by atoms with E-state index in [9.17, 15) is 0 Å². The summed E-state index contributed by atoms with van der Waals surface area (Å²) in [6.45, 7) is 6.54. The van der Waals surface area contributed by atoms with Crippen molar-refractivity contribution < 1.29 is 4.74 Å². The number of hydrogen-bond donors (Lipinski definition) is 1. The maximum atomic E-state index is 5.85. The Bertz CT molecular complexity index is 435. The molecule has 2 aliphatic heterocycles. The van der Waals surface area contributed by atoms with Gasteiger partial charge in [-0.1, -0.05) is 25.5 Å². The summed E-state index contributed by atoms with van der Waals surface area (Å²) in [6, 6.07) is 9.09. The molecule has 2 aliphatic rings. The Balaban J connectivity index is 1.70. The van der Waals surface area contributed by atoms with Crippen LogP contribution in [0.2, 0.25) is 0 Å². The number of rotatable bonds is 3. The third-order valence-electron chi connectivity index (χ3n) is 4.66. The SMILES string of the molecule is CCC1CCNC(CN2CCCOc3ccccc32)C1. The molecule has 2 heterocycles. The average molecular weight is 274 g/mol. The van der Waals surface area contributed by atoms with Gasteiger partial charge in [0.25, 0.3) is 0 Å². The van der Waals surface area contributed by atoms with Gasteiger partial charge < -0.3 is 15.0 Å². The van der Waals surface area contributed by atoms with Crippen molar-refractivity contribution in [3.05, 3.63) is 24.3 Å². The highest BCUT2D eigenvalue weighted by Crippen LogP contribution is 2.31. The van der Waals surface area contributed by atoms with Crippen molar-refractivity contribution in [2.24, 2.45) is 5.92 Å². The fourth-order valence-electron chi connectivity index (χ4n) is 3.46. The first-order valence-electron chi connectivity index (χ1n) is 8.07. The number of fused-ring (bicyclic) bond motifs is 1. The van der Waals surface area contributed by atoms with Gasteiger partial charge in [-0.05, 0) is 43.9 Å². The molecule has 0 amide bonds. The third-order valence-corrected chi connectivity index (χ3v) is 4.66. The summed E-state index contributed by atoms with van der Waals surface area (Å²) in [6.07, 6.45) is 5.08. The van der Waals surface area contributed by atoms with Crippen molar-refractivity contribution in [3.63, 3.8) is 0 Å². The minimum absolute atomic E-state index is 0.625. The zero-order valence-corrected chi connectivity index (χ0v) is 12.5. The minimum Gasteiger partial charge on any atom is -0.491 e. The smallest absolute Gasteiger partial charge is 0.142 e. The highest BCUT2D eigenvalue weighted by atomic mass is 16.5. The molecule has 1 fully saturated rings. The summed E-state index contributed by atoms with van der Waals surface area (Å²) in [5.41, 5.74) is 1.27. The molecule has 110 valence electrons. The Labute approximate surface area is 122 Å². The number of ether oxygens (including phenoxy) is 1. The van der Waals surface area contributed by atoms with Crippen LogP contribution in [0.3, 0.4) is 0 Å². The molecule has 2 unspecified atom stereocenters. The Morgan fingerprint density at radius 1 is 1.35 bits per heavy atom. The molecule has 1 saturated heterocycles. The van der Waals surface area contributed by atoms with E-state index in [0.29, 0.717) is 6.04 Å². The molecule has 2 atom stereocenters. The molecule has 3 nitrogen and oxygen atoms in total. The topological polar surface area (TPSA) is 24.5 Å². The first-order chi connectivity index (χ1) is 9.86. The highest BCUT2D eigenvalue weighted by Gasteiger charge is 2.24. The molecule has 0 aliphatic carbocycles. The summed E-state index contributed by atoms with van der Waals surface area (Å²) in [7, 11) is 0. The predicted molar refractivity (Wildman–Crippen MR) is 83.6 cm³/mol. The number of benzene rings is 1. The number of nitrogens with one attached hydrogen (secondary N) is 1. The standard InChI is InChI=1S/C17H26N2O/c1-2-14-8-9-18-15(12-14)13-19-10-5-11-20-17-7-4-3-6-16(17)19/h3-4,6-7,14-15,18H,2,5,8-13H2,1H3. The van der Waals surface area contributed by atoms with Crippen LogP contribution >= 0.6 is 0 Å². The number of anilines is 1. The van der Waals surface area contributed by atoms with E-state index in [1.807, 2.05) is 0 Å². The zero-order chi connectivity index (χ0) is 13.8. The maximum absolute atomic E-state index is 5.85. The summed E-state index contributed by atoms with van der Waals surface area (Å²) in [4.78, 5) is 2.51. The van der Waals surface area contributed by atoms with Crippen LogP contribution in [0.25, 0.3) is 0 Å². The molecule has 3 rings (SSSR count). The fraction of sp³-hybridized carbons (Fsp3) is 0.647. The molecular formula is C17H26N2O. The second-order valence-electron chi connectivity index (χ2n) is 6.07. The van der Waals surface area contributed by atoms with Crippen LogP contribution in [-0.4, -0.2) is 32.3 Å². The average Bonchev–Trinajstić information content (AvgIpc) is 2.70. The van der Waals surface area contributed by atoms with E-state index >= 15 is 0 Å². The van der Waals surface area contributed by atoms with Gasteiger partial charge in [-0.2, -0.15) is 0 Å². The number of nitrogens with zero attached hydrogens (tertiary/aromatic N) is 1. The molecule has 0 bridgehead atoms. The van der Waals surface area contributed by atoms with Crippen molar-refractivity contribution in [2.45, 2.75) is 38.6 Å². The first kappa shape index (κ1) is 13.7. The van der Waals surface area contributed by atoms with Gasteiger partial charge in [0, 0.05) is 19.1 Å². The lowest BCUT2D eigenvalue weighted by molar-refractivity contribution is 0.295. The van der Waals surface area contributed by atoms with E-state index in [2.05, 4.69) is 41.4 Å². The van der Waals surface area contributed by atoms with Crippen LogP contribution in [0, 0.1) is 5.92 Å². The molecule has 0 spiro atoms. The molecule has 3 heteroatoms. The lowest BCUT2D eigenvalue weighted by atomic mass is 9.90. The largest absolute Gasteiger partial charge is 0.491 e. The lowest BCUT2D eigenvalue weighted by Crippen LogP contribution is -2.46. The van der Waals surface area contributed by atoms with E-state index in [-0.39, 0.29) is 0 Å². The third kappa shape index (κ3) is 3.09. The lowest BCUT2D eigenvalue weighted by Gasteiger charge is -2.34. The molecule has 1 N–H and O–H groups in total. The highest BCUT2D eigenvalue weighted by molar-refractivity contribution is 5.59. The summed E-state index contributed by atoms with van der Waals surface area (Å²) < 4.78 is 5.85. The van der Waals surface area contributed by atoms with Crippen LogP contribution in [0.4, 0.5) is 5.69 Å². The van der Waals surface area contributed by atoms with Crippen LogP contribution in [0.15, 0.2) is 24.3 Å². The van der Waals surface area contributed by atoms with Gasteiger partial charge in [0.1, 0.15) is 5.75 Å². The second kappa shape index (κ2) is 6.49.